The maximum Gasteiger partial charge on any atom is 0.157 e. The molecule has 1 atom stereocenters. The van der Waals surface area contributed by atoms with Crippen LogP contribution in [0.5, 0.6) is 0 Å². The predicted octanol–water partition coefficient (Wildman–Crippen LogP) is 2.99. The van der Waals surface area contributed by atoms with Gasteiger partial charge in [-0.1, -0.05) is 54.1 Å². The van der Waals surface area contributed by atoms with E-state index >= 15 is 0 Å². The third-order valence-electron chi connectivity index (χ3n) is 2.87. The molecule has 0 amide bonds. The highest BCUT2D eigenvalue weighted by molar-refractivity contribution is 7.90. The number of rotatable bonds is 5. The van der Waals surface area contributed by atoms with Crippen LogP contribution in [-0.2, 0) is 15.6 Å². The number of sulfone groups is 1. The van der Waals surface area contributed by atoms with Gasteiger partial charge in [0.05, 0.1) is 17.6 Å². The Hall–Kier alpha value is -1.36. The second kappa shape index (κ2) is 6.39. The van der Waals surface area contributed by atoms with Crippen LogP contribution in [0, 0.1) is 0 Å². The van der Waals surface area contributed by atoms with E-state index in [1.54, 1.807) is 48.5 Å². The van der Waals surface area contributed by atoms with Crippen molar-refractivity contribution < 1.29 is 13.5 Å². The van der Waals surface area contributed by atoms with Gasteiger partial charge in [-0.2, -0.15) is 0 Å². The molecule has 0 fully saturated rings. The summed E-state index contributed by atoms with van der Waals surface area (Å²) >= 11 is 5.83. The molecule has 20 heavy (non-hydrogen) atoms. The van der Waals surface area contributed by atoms with Gasteiger partial charge in [0.1, 0.15) is 0 Å². The molecule has 2 aromatic carbocycles. The maximum absolute atomic E-state index is 12.1. The van der Waals surface area contributed by atoms with Gasteiger partial charge in [0, 0.05) is 5.02 Å². The standard InChI is InChI=1S/C15H15ClO3S/c16-14-8-4-7-13(9-14)15(17)11-20(18,19)10-12-5-2-1-3-6-12/h1-9,15,17H,10-11H2. The highest BCUT2D eigenvalue weighted by Gasteiger charge is 2.19. The summed E-state index contributed by atoms with van der Waals surface area (Å²) in [7, 11) is -3.39. The van der Waals surface area contributed by atoms with Gasteiger partial charge in [0.2, 0.25) is 0 Å². The van der Waals surface area contributed by atoms with E-state index in [1.807, 2.05) is 6.07 Å². The zero-order valence-electron chi connectivity index (χ0n) is 10.7. The molecule has 0 bridgehead atoms. The molecule has 5 heteroatoms. The van der Waals surface area contributed by atoms with E-state index in [-0.39, 0.29) is 11.5 Å². The Bertz CT molecular complexity index is 669. The van der Waals surface area contributed by atoms with Crippen molar-refractivity contribution in [2.75, 3.05) is 5.75 Å². The SMILES string of the molecule is O=S(=O)(Cc1ccccc1)CC(O)c1cccc(Cl)c1. The lowest BCUT2D eigenvalue weighted by Gasteiger charge is -2.12. The van der Waals surface area contributed by atoms with Gasteiger partial charge in [0.25, 0.3) is 0 Å². The molecule has 106 valence electrons. The van der Waals surface area contributed by atoms with Gasteiger partial charge in [-0.25, -0.2) is 8.42 Å². The minimum absolute atomic E-state index is 0.0779. The van der Waals surface area contributed by atoms with E-state index in [4.69, 9.17) is 11.6 Å². The number of aliphatic hydroxyl groups is 1. The molecular weight excluding hydrogens is 296 g/mol. The van der Waals surface area contributed by atoms with Crippen LogP contribution in [0.4, 0.5) is 0 Å². The summed E-state index contributed by atoms with van der Waals surface area (Å²) in [4.78, 5) is 0. The number of halogens is 1. The molecule has 0 aliphatic rings. The molecule has 1 N–H and O–H groups in total. The molecule has 2 aromatic rings. The van der Waals surface area contributed by atoms with E-state index < -0.39 is 15.9 Å². The van der Waals surface area contributed by atoms with Crippen LogP contribution in [0.3, 0.4) is 0 Å². The molecule has 0 aromatic heterocycles. The molecule has 0 heterocycles. The van der Waals surface area contributed by atoms with E-state index in [2.05, 4.69) is 0 Å². The van der Waals surface area contributed by atoms with Crippen LogP contribution in [0.1, 0.15) is 17.2 Å². The Kier molecular flexibility index (Phi) is 4.81. The Morgan fingerprint density at radius 3 is 2.40 bits per heavy atom. The molecule has 0 aliphatic heterocycles. The van der Waals surface area contributed by atoms with E-state index in [0.717, 1.165) is 0 Å². The van der Waals surface area contributed by atoms with Gasteiger partial charge in [0.15, 0.2) is 9.84 Å². The minimum atomic E-state index is -3.39. The average molecular weight is 311 g/mol. The van der Waals surface area contributed by atoms with Crippen LogP contribution in [0.15, 0.2) is 54.6 Å². The van der Waals surface area contributed by atoms with Gasteiger partial charge < -0.3 is 5.11 Å². The van der Waals surface area contributed by atoms with Crippen LogP contribution in [0.2, 0.25) is 5.02 Å². The van der Waals surface area contributed by atoms with Crippen molar-refractivity contribution in [1.29, 1.82) is 0 Å². The van der Waals surface area contributed by atoms with Gasteiger partial charge >= 0.3 is 0 Å². The number of aliphatic hydroxyl groups excluding tert-OH is 1. The fourth-order valence-electron chi connectivity index (χ4n) is 1.94. The summed E-state index contributed by atoms with van der Waals surface area (Å²) in [5.74, 6) is -0.395. The first-order chi connectivity index (χ1) is 9.46. The van der Waals surface area contributed by atoms with Crippen molar-refractivity contribution in [2.45, 2.75) is 11.9 Å². The van der Waals surface area contributed by atoms with E-state index in [9.17, 15) is 13.5 Å². The monoisotopic (exact) mass is 310 g/mol. The zero-order valence-corrected chi connectivity index (χ0v) is 12.3. The number of benzene rings is 2. The average Bonchev–Trinajstić information content (AvgIpc) is 2.38. The summed E-state index contributed by atoms with van der Waals surface area (Å²) in [6.45, 7) is 0. The third kappa shape index (κ3) is 4.34. The molecule has 3 nitrogen and oxygen atoms in total. The molecule has 0 radical (unpaired) electrons. The maximum atomic E-state index is 12.1. The van der Waals surface area contributed by atoms with Crippen LogP contribution in [0.25, 0.3) is 0 Å². The van der Waals surface area contributed by atoms with Gasteiger partial charge in [-0.05, 0) is 23.3 Å². The molecule has 0 aliphatic carbocycles. The van der Waals surface area contributed by atoms with Crippen molar-refractivity contribution in [1.82, 2.24) is 0 Å². The summed E-state index contributed by atoms with van der Waals surface area (Å²) in [5.41, 5.74) is 1.22. The zero-order chi connectivity index (χ0) is 14.6. The molecule has 2 rings (SSSR count). The molecule has 1 unspecified atom stereocenters. The first-order valence-corrected chi connectivity index (χ1v) is 8.34. The lowest BCUT2D eigenvalue weighted by Crippen LogP contribution is -2.16. The van der Waals surface area contributed by atoms with Gasteiger partial charge in [-0.3, -0.25) is 0 Å². The van der Waals surface area contributed by atoms with Crippen molar-refractivity contribution in [3.8, 4) is 0 Å². The predicted molar refractivity (Wildman–Crippen MR) is 80.3 cm³/mol. The summed E-state index contributed by atoms with van der Waals surface area (Å²) in [5, 5.41) is 10.5. The van der Waals surface area contributed by atoms with Crippen LogP contribution >= 0.6 is 11.6 Å². The first kappa shape index (κ1) is 15.0. The summed E-state index contributed by atoms with van der Waals surface area (Å²) < 4.78 is 24.2. The number of hydrogen-bond donors (Lipinski definition) is 1. The minimum Gasteiger partial charge on any atom is -0.387 e. The largest absolute Gasteiger partial charge is 0.387 e. The topological polar surface area (TPSA) is 54.4 Å². The smallest absolute Gasteiger partial charge is 0.157 e. The lowest BCUT2D eigenvalue weighted by molar-refractivity contribution is 0.201. The van der Waals surface area contributed by atoms with E-state index in [1.165, 1.54) is 0 Å². The van der Waals surface area contributed by atoms with Crippen molar-refractivity contribution in [3.05, 3.63) is 70.7 Å². The Labute approximate surface area is 123 Å². The quantitative estimate of drug-likeness (QED) is 0.923. The third-order valence-corrected chi connectivity index (χ3v) is 4.71. The van der Waals surface area contributed by atoms with Crippen molar-refractivity contribution in [3.63, 3.8) is 0 Å². The molecule has 0 spiro atoms. The Balaban J connectivity index is 2.08. The fourth-order valence-corrected chi connectivity index (χ4v) is 3.63. The fraction of sp³-hybridized carbons (Fsp3) is 0.200. The molecular formula is C15H15ClO3S. The molecule has 0 saturated carbocycles. The Morgan fingerprint density at radius 1 is 1.05 bits per heavy atom. The first-order valence-electron chi connectivity index (χ1n) is 6.14. The second-order valence-electron chi connectivity index (χ2n) is 4.61. The lowest BCUT2D eigenvalue weighted by atomic mass is 10.1. The van der Waals surface area contributed by atoms with E-state index in [0.29, 0.717) is 16.1 Å². The summed E-state index contributed by atoms with van der Waals surface area (Å²) in [6.07, 6.45) is -1.07. The normalized spacial score (nSPS) is 13.1. The van der Waals surface area contributed by atoms with Crippen molar-refractivity contribution >= 4 is 21.4 Å². The Morgan fingerprint density at radius 2 is 1.75 bits per heavy atom. The highest BCUT2D eigenvalue weighted by Crippen LogP contribution is 2.20. The van der Waals surface area contributed by atoms with Crippen molar-refractivity contribution in [2.24, 2.45) is 0 Å². The summed E-state index contributed by atoms with van der Waals surface area (Å²) in [6, 6.07) is 15.5. The van der Waals surface area contributed by atoms with Crippen LogP contribution < -0.4 is 0 Å². The number of hydrogen-bond acceptors (Lipinski definition) is 3. The van der Waals surface area contributed by atoms with Crippen LogP contribution in [-0.4, -0.2) is 19.3 Å². The molecule has 0 saturated heterocycles. The highest BCUT2D eigenvalue weighted by atomic mass is 35.5. The second-order valence-corrected chi connectivity index (χ2v) is 7.16. The van der Waals surface area contributed by atoms with Gasteiger partial charge in [-0.15, -0.1) is 0 Å².